The van der Waals surface area contributed by atoms with Gasteiger partial charge in [0.25, 0.3) is 0 Å². The number of hydrogen-bond acceptors (Lipinski definition) is 2. The maximum atomic E-state index is 10.6. The van der Waals surface area contributed by atoms with Crippen LogP contribution in [0.4, 0.5) is 0 Å². The Balaban J connectivity index is 3.14. The first-order valence-corrected chi connectivity index (χ1v) is 4.80. The maximum Gasteiger partial charge on any atom is 0.316 e. The molecule has 0 amide bonds. The summed E-state index contributed by atoms with van der Waals surface area (Å²) in [7, 11) is 0. The Morgan fingerprint density at radius 3 is 2.82 bits per heavy atom. The van der Waals surface area contributed by atoms with Gasteiger partial charge in [-0.1, -0.05) is 35.0 Å². The largest absolute Gasteiger partial charge is 0.465 e. The average Bonchev–Trinajstić information content (AvgIpc) is 2.04. The minimum atomic E-state index is -0.199. The zero-order valence-electron chi connectivity index (χ0n) is 6.68. The molecule has 0 saturated heterocycles. The fraction of sp³-hybridized carbons (Fsp3) is 0.625. The second kappa shape index (κ2) is 7.79. The molecule has 11 heavy (non-hydrogen) atoms. The van der Waals surface area contributed by atoms with Crippen LogP contribution in [0.1, 0.15) is 19.8 Å². The summed E-state index contributed by atoms with van der Waals surface area (Å²) in [6.07, 6.45) is 5.92. The fourth-order valence-electron chi connectivity index (χ4n) is 0.564. The highest BCUT2D eigenvalue weighted by Gasteiger charge is 1.95. The first-order valence-electron chi connectivity index (χ1n) is 3.67. The van der Waals surface area contributed by atoms with Crippen molar-refractivity contribution in [3.63, 3.8) is 0 Å². The molecule has 3 heteroatoms. The van der Waals surface area contributed by atoms with Gasteiger partial charge in [0.15, 0.2) is 0 Å². The maximum absolute atomic E-state index is 10.6. The Morgan fingerprint density at radius 2 is 2.27 bits per heavy atom. The highest BCUT2D eigenvalue weighted by Crippen LogP contribution is 1.90. The molecule has 0 spiro atoms. The molecule has 0 unspecified atom stereocenters. The van der Waals surface area contributed by atoms with Gasteiger partial charge in [-0.15, -0.1) is 0 Å². The number of alkyl halides is 1. The van der Waals surface area contributed by atoms with Crippen LogP contribution in [0.2, 0.25) is 0 Å². The Kier molecular flexibility index (Phi) is 7.57. The Morgan fingerprint density at radius 1 is 1.55 bits per heavy atom. The number of carbonyl (C=O) groups is 1. The second-order valence-corrected chi connectivity index (χ2v) is 2.58. The number of esters is 1. The number of carbonyl (C=O) groups excluding carboxylic acids is 1. The van der Waals surface area contributed by atoms with Gasteiger partial charge in [0.05, 0.1) is 6.61 Å². The highest BCUT2D eigenvalue weighted by atomic mass is 79.9. The van der Waals surface area contributed by atoms with Gasteiger partial charge in [-0.25, -0.2) is 0 Å². The molecule has 0 saturated carbocycles. The van der Waals surface area contributed by atoms with Gasteiger partial charge < -0.3 is 4.74 Å². The van der Waals surface area contributed by atoms with Crippen molar-refractivity contribution in [2.45, 2.75) is 19.8 Å². The van der Waals surface area contributed by atoms with Gasteiger partial charge >= 0.3 is 5.97 Å². The molecule has 0 aromatic heterocycles. The van der Waals surface area contributed by atoms with E-state index in [-0.39, 0.29) is 11.3 Å². The van der Waals surface area contributed by atoms with Crippen LogP contribution in [0, 0.1) is 0 Å². The molecule has 0 rings (SSSR count). The smallest absolute Gasteiger partial charge is 0.316 e. The van der Waals surface area contributed by atoms with Crippen molar-refractivity contribution < 1.29 is 9.53 Å². The summed E-state index contributed by atoms with van der Waals surface area (Å²) in [4.78, 5) is 10.6. The molecule has 0 bridgehead atoms. The lowest BCUT2D eigenvalue weighted by Gasteiger charge is -1.97. The van der Waals surface area contributed by atoms with E-state index < -0.39 is 0 Å². The van der Waals surface area contributed by atoms with Crippen LogP contribution in [-0.2, 0) is 9.53 Å². The molecule has 0 radical (unpaired) electrons. The molecule has 0 atom stereocenters. The molecule has 64 valence electrons. The molecule has 0 N–H and O–H groups in total. The van der Waals surface area contributed by atoms with Crippen LogP contribution in [0.5, 0.6) is 0 Å². The molecule has 0 aliphatic rings. The topological polar surface area (TPSA) is 26.3 Å². The molecule has 0 aliphatic heterocycles. The zero-order chi connectivity index (χ0) is 8.53. The van der Waals surface area contributed by atoms with Crippen molar-refractivity contribution in [3.05, 3.63) is 12.2 Å². The third-order valence-electron chi connectivity index (χ3n) is 1.06. The molecule has 0 aromatic rings. The van der Waals surface area contributed by atoms with Crippen molar-refractivity contribution in [2.75, 3.05) is 11.9 Å². The van der Waals surface area contributed by atoms with Crippen molar-refractivity contribution >= 4 is 21.9 Å². The predicted molar refractivity (Wildman–Crippen MR) is 48.8 cm³/mol. The van der Waals surface area contributed by atoms with Crippen LogP contribution in [0.3, 0.4) is 0 Å². The SMILES string of the molecule is CC/C=C/CCOC(=O)CBr. The van der Waals surface area contributed by atoms with E-state index >= 15 is 0 Å². The van der Waals surface area contributed by atoms with Gasteiger partial charge in [-0.2, -0.15) is 0 Å². The number of rotatable bonds is 5. The average molecular weight is 221 g/mol. The molecule has 0 aliphatic carbocycles. The number of halogens is 1. The summed E-state index contributed by atoms with van der Waals surface area (Å²) in [5.74, 6) is -0.199. The van der Waals surface area contributed by atoms with Gasteiger partial charge in [0.1, 0.15) is 5.33 Å². The lowest BCUT2D eigenvalue weighted by Crippen LogP contribution is -2.05. The van der Waals surface area contributed by atoms with E-state index in [0.717, 1.165) is 12.8 Å². The van der Waals surface area contributed by atoms with Gasteiger partial charge in [0.2, 0.25) is 0 Å². The summed E-state index contributed by atoms with van der Waals surface area (Å²) >= 11 is 3.01. The van der Waals surface area contributed by atoms with Crippen molar-refractivity contribution in [1.82, 2.24) is 0 Å². The third-order valence-corrected chi connectivity index (χ3v) is 1.52. The quantitative estimate of drug-likeness (QED) is 0.308. The van der Waals surface area contributed by atoms with Crippen LogP contribution in [0.25, 0.3) is 0 Å². The highest BCUT2D eigenvalue weighted by molar-refractivity contribution is 9.09. The summed E-state index contributed by atoms with van der Waals surface area (Å²) < 4.78 is 4.80. The molecular formula is C8H13BrO2. The van der Waals surface area contributed by atoms with Crippen molar-refractivity contribution in [1.29, 1.82) is 0 Å². The summed E-state index contributed by atoms with van der Waals surface area (Å²) in [6.45, 7) is 2.56. The van der Waals surface area contributed by atoms with Crippen molar-refractivity contribution in [2.24, 2.45) is 0 Å². The first-order chi connectivity index (χ1) is 5.31. The normalized spacial score (nSPS) is 10.4. The van der Waals surface area contributed by atoms with Gasteiger partial charge in [-0.05, 0) is 12.8 Å². The van der Waals surface area contributed by atoms with E-state index in [0.29, 0.717) is 6.61 Å². The Bertz CT molecular complexity index is 132. The number of allylic oxidation sites excluding steroid dienone is 1. The molecule has 2 nitrogen and oxygen atoms in total. The van der Waals surface area contributed by atoms with E-state index in [2.05, 4.69) is 28.9 Å². The van der Waals surface area contributed by atoms with E-state index in [1.54, 1.807) is 0 Å². The lowest BCUT2D eigenvalue weighted by atomic mass is 10.3. The molecule has 0 heterocycles. The molecular weight excluding hydrogens is 208 g/mol. The van der Waals surface area contributed by atoms with Crippen molar-refractivity contribution in [3.8, 4) is 0 Å². The van der Waals surface area contributed by atoms with Crippen LogP contribution in [-0.4, -0.2) is 17.9 Å². The number of ether oxygens (including phenoxy) is 1. The molecule has 0 aromatic carbocycles. The lowest BCUT2D eigenvalue weighted by molar-refractivity contribution is -0.140. The van der Waals surface area contributed by atoms with E-state index in [4.69, 9.17) is 4.74 Å². The Labute approximate surface area is 75.7 Å². The Hall–Kier alpha value is -0.310. The fourth-order valence-corrected chi connectivity index (χ4v) is 0.726. The van der Waals surface area contributed by atoms with Crippen LogP contribution >= 0.6 is 15.9 Å². The van der Waals surface area contributed by atoms with Crippen LogP contribution < -0.4 is 0 Å². The minimum absolute atomic E-state index is 0.199. The first kappa shape index (κ1) is 10.7. The van der Waals surface area contributed by atoms with Crippen LogP contribution in [0.15, 0.2) is 12.2 Å². The second-order valence-electron chi connectivity index (χ2n) is 2.02. The molecule has 0 fully saturated rings. The number of hydrogen-bond donors (Lipinski definition) is 0. The summed E-state index contributed by atoms with van der Waals surface area (Å²) in [5, 5.41) is 0.282. The van der Waals surface area contributed by atoms with Gasteiger partial charge in [-0.3, -0.25) is 4.79 Å². The monoisotopic (exact) mass is 220 g/mol. The van der Waals surface area contributed by atoms with E-state index in [9.17, 15) is 4.79 Å². The van der Waals surface area contributed by atoms with Gasteiger partial charge in [0, 0.05) is 0 Å². The third kappa shape index (κ3) is 7.59. The zero-order valence-corrected chi connectivity index (χ0v) is 8.26. The van der Waals surface area contributed by atoms with E-state index in [1.807, 2.05) is 6.08 Å². The minimum Gasteiger partial charge on any atom is -0.465 e. The summed E-state index contributed by atoms with van der Waals surface area (Å²) in [6, 6.07) is 0. The van der Waals surface area contributed by atoms with E-state index in [1.165, 1.54) is 0 Å². The standard InChI is InChI=1S/C8H13BrO2/c1-2-3-4-5-6-11-8(10)7-9/h3-4H,2,5-7H2,1H3/b4-3+. The predicted octanol–water partition coefficient (Wildman–Crippen LogP) is 2.28. The summed E-state index contributed by atoms with van der Waals surface area (Å²) in [5.41, 5.74) is 0.